The molecule has 0 bridgehead atoms. The van der Waals surface area contributed by atoms with Crippen LogP contribution < -0.4 is 10.6 Å². The Bertz CT molecular complexity index is 464. The third-order valence-electron chi connectivity index (χ3n) is 3.34. The fraction of sp³-hybridized carbons (Fsp3) is 0.500. The van der Waals surface area contributed by atoms with Crippen LogP contribution in [0, 0.1) is 0 Å². The zero-order chi connectivity index (χ0) is 13.9. The lowest BCUT2D eigenvalue weighted by molar-refractivity contribution is -0.122. The fourth-order valence-corrected chi connectivity index (χ4v) is 3.35. The zero-order valence-electron chi connectivity index (χ0n) is 11.6. The van der Waals surface area contributed by atoms with E-state index < -0.39 is 0 Å². The van der Waals surface area contributed by atoms with E-state index in [1.54, 1.807) is 11.8 Å². The molecule has 0 aliphatic carbocycles. The van der Waals surface area contributed by atoms with Crippen LogP contribution in [0.25, 0.3) is 0 Å². The number of nitrogens with one attached hydrogen (secondary N) is 2. The number of rotatable bonds is 4. The summed E-state index contributed by atoms with van der Waals surface area (Å²) in [5.41, 5.74) is 1.14. The van der Waals surface area contributed by atoms with Gasteiger partial charge in [0.1, 0.15) is 0 Å². The highest BCUT2D eigenvalue weighted by atomic mass is 79.9. The van der Waals surface area contributed by atoms with Crippen molar-refractivity contribution in [3.8, 4) is 0 Å². The van der Waals surface area contributed by atoms with E-state index in [9.17, 15) is 4.79 Å². The average molecular weight is 380 g/mol. The van der Waals surface area contributed by atoms with E-state index >= 15 is 0 Å². The van der Waals surface area contributed by atoms with Gasteiger partial charge in [-0.05, 0) is 17.7 Å². The molecule has 2 N–H and O–H groups in total. The lowest BCUT2D eigenvalue weighted by atomic mass is 9.84. The number of hydrogen-bond acceptors (Lipinski definition) is 3. The molecule has 1 atom stereocenters. The Morgan fingerprint density at radius 1 is 1.55 bits per heavy atom. The Kier molecular flexibility index (Phi) is 6.85. The van der Waals surface area contributed by atoms with Crippen LogP contribution in [0.3, 0.4) is 0 Å². The van der Waals surface area contributed by atoms with Gasteiger partial charge in [-0.15, -0.1) is 24.2 Å². The van der Waals surface area contributed by atoms with Crippen molar-refractivity contribution in [2.45, 2.75) is 25.3 Å². The third kappa shape index (κ3) is 4.65. The lowest BCUT2D eigenvalue weighted by Crippen LogP contribution is -2.46. The second kappa shape index (κ2) is 7.69. The number of carbonyl (C=O) groups excluding carboxylic acids is 1. The predicted molar refractivity (Wildman–Crippen MR) is 91.7 cm³/mol. The molecule has 0 spiro atoms. The van der Waals surface area contributed by atoms with Crippen molar-refractivity contribution in [2.75, 3.05) is 18.2 Å². The molecule has 0 radical (unpaired) electrons. The van der Waals surface area contributed by atoms with Crippen molar-refractivity contribution >= 4 is 46.0 Å². The smallest absolute Gasteiger partial charge is 0.238 e. The molecular formula is C14H20BrClN2OS. The van der Waals surface area contributed by atoms with Gasteiger partial charge in [-0.2, -0.15) is 0 Å². The molecule has 1 saturated heterocycles. The van der Waals surface area contributed by atoms with Gasteiger partial charge < -0.3 is 5.32 Å². The van der Waals surface area contributed by atoms with Crippen LogP contribution in [-0.2, 0) is 10.2 Å². The minimum atomic E-state index is -0.0782. The summed E-state index contributed by atoms with van der Waals surface area (Å²) in [7, 11) is 0. The molecule has 1 aliphatic rings. The van der Waals surface area contributed by atoms with Crippen molar-refractivity contribution in [1.29, 1.82) is 0 Å². The van der Waals surface area contributed by atoms with Crippen LogP contribution in [0.4, 0.5) is 0 Å². The van der Waals surface area contributed by atoms with Crippen LogP contribution in [0.15, 0.2) is 28.7 Å². The highest BCUT2D eigenvalue weighted by Gasteiger charge is 2.26. The van der Waals surface area contributed by atoms with Crippen molar-refractivity contribution in [3.63, 3.8) is 0 Å². The molecule has 3 nitrogen and oxygen atoms in total. The summed E-state index contributed by atoms with van der Waals surface area (Å²) in [6, 6.07) is 8.20. The first-order valence-corrected chi connectivity index (χ1v) is 8.29. The van der Waals surface area contributed by atoms with E-state index in [1.165, 1.54) is 5.56 Å². The minimum Gasteiger partial charge on any atom is -0.354 e. The molecule has 0 saturated carbocycles. The minimum absolute atomic E-state index is 0. The molecule has 1 aliphatic heterocycles. The number of halogens is 2. The maximum atomic E-state index is 12.0. The standard InChI is InChI=1S/C14H19BrN2OS.ClH/c1-14(2,10-4-3-5-11(15)6-10)8-16-13(18)12-7-19-9-17-12;/h3-6,12,17H,7-9H2,1-2H3,(H,16,18);1H. The van der Waals surface area contributed by atoms with Gasteiger partial charge in [-0.1, -0.05) is 41.9 Å². The lowest BCUT2D eigenvalue weighted by Gasteiger charge is -2.26. The number of thioether (sulfide) groups is 1. The predicted octanol–water partition coefficient (Wildman–Crippen LogP) is 2.93. The summed E-state index contributed by atoms with van der Waals surface area (Å²) in [6.07, 6.45) is 0. The largest absolute Gasteiger partial charge is 0.354 e. The second-order valence-corrected chi connectivity index (χ2v) is 7.33. The van der Waals surface area contributed by atoms with E-state index in [4.69, 9.17) is 0 Å². The Labute approximate surface area is 139 Å². The zero-order valence-corrected chi connectivity index (χ0v) is 14.8. The molecule has 6 heteroatoms. The first kappa shape index (κ1) is 17.8. The number of amides is 1. The third-order valence-corrected chi connectivity index (χ3v) is 4.78. The summed E-state index contributed by atoms with van der Waals surface area (Å²) < 4.78 is 1.07. The summed E-state index contributed by atoms with van der Waals surface area (Å²) in [5, 5.41) is 6.24. The molecule has 1 aromatic rings. The van der Waals surface area contributed by atoms with E-state index in [0.29, 0.717) is 6.54 Å². The van der Waals surface area contributed by atoms with E-state index in [2.05, 4.69) is 52.5 Å². The monoisotopic (exact) mass is 378 g/mol. The molecule has 1 aromatic carbocycles. The molecule has 1 amide bonds. The van der Waals surface area contributed by atoms with Crippen molar-refractivity contribution in [2.24, 2.45) is 0 Å². The van der Waals surface area contributed by atoms with E-state index in [0.717, 1.165) is 16.1 Å². The fourth-order valence-electron chi connectivity index (χ4n) is 2.01. The number of benzene rings is 1. The van der Waals surface area contributed by atoms with Crippen LogP contribution in [0.2, 0.25) is 0 Å². The first-order valence-electron chi connectivity index (χ1n) is 6.34. The highest BCUT2D eigenvalue weighted by Crippen LogP contribution is 2.25. The van der Waals surface area contributed by atoms with Gasteiger partial charge in [0.05, 0.1) is 6.04 Å². The van der Waals surface area contributed by atoms with Gasteiger partial charge in [0.25, 0.3) is 0 Å². The van der Waals surface area contributed by atoms with E-state index in [-0.39, 0.29) is 29.8 Å². The van der Waals surface area contributed by atoms with Crippen LogP contribution >= 0.6 is 40.1 Å². The van der Waals surface area contributed by atoms with Crippen molar-refractivity contribution in [3.05, 3.63) is 34.3 Å². The highest BCUT2D eigenvalue weighted by molar-refractivity contribution is 9.10. The second-order valence-electron chi connectivity index (χ2n) is 5.38. The molecular weight excluding hydrogens is 360 g/mol. The van der Waals surface area contributed by atoms with Gasteiger partial charge in [0.15, 0.2) is 0 Å². The normalized spacial score (nSPS) is 18.4. The van der Waals surface area contributed by atoms with Crippen LogP contribution in [0.5, 0.6) is 0 Å². The topological polar surface area (TPSA) is 41.1 Å². The summed E-state index contributed by atoms with van der Waals surface area (Å²) in [4.78, 5) is 12.0. The SMILES string of the molecule is CC(C)(CNC(=O)C1CSCN1)c1cccc(Br)c1.Cl. The quantitative estimate of drug-likeness (QED) is 0.845. The van der Waals surface area contributed by atoms with Crippen molar-refractivity contribution < 1.29 is 4.79 Å². The Balaban J connectivity index is 0.00000200. The molecule has 112 valence electrons. The Morgan fingerprint density at radius 3 is 2.90 bits per heavy atom. The van der Waals surface area contributed by atoms with Gasteiger partial charge in [0.2, 0.25) is 5.91 Å². The average Bonchev–Trinajstić information content (AvgIpc) is 2.90. The van der Waals surface area contributed by atoms with Gasteiger partial charge in [-0.25, -0.2) is 0 Å². The van der Waals surface area contributed by atoms with Crippen LogP contribution in [-0.4, -0.2) is 30.1 Å². The summed E-state index contributed by atoms with van der Waals surface area (Å²) in [5.74, 6) is 1.84. The van der Waals surface area contributed by atoms with E-state index in [1.807, 2.05) is 12.1 Å². The summed E-state index contributed by atoms with van der Waals surface area (Å²) >= 11 is 5.25. The molecule has 1 heterocycles. The maximum absolute atomic E-state index is 12.0. The van der Waals surface area contributed by atoms with Gasteiger partial charge >= 0.3 is 0 Å². The van der Waals surface area contributed by atoms with Gasteiger partial charge in [-0.3, -0.25) is 10.1 Å². The number of carbonyl (C=O) groups is 1. The number of hydrogen-bond donors (Lipinski definition) is 2. The Morgan fingerprint density at radius 2 is 2.30 bits per heavy atom. The van der Waals surface area contributed by atoms with Crippen LogP contribution in [0.1, 0.15) is 19.4 Å². The molecule has 1 fully saturated rings. The van der Waals surface area contributed by atoms with Crippen molar-refractivity contribution in [1.82, 2.24) is 10.6 Å². The molecule has 0 aromatic heterocycles. The molecule has 2 rings (SSSR count). The Hall–Kier alpha value is -0.230. The summed E-state index contributed by atoms with van der Waals surface area (Å²) in [6.45, 7) is 4.93. The molecule has 1 unspecified atom stereocenters. The molecule has 20 heavy (non-hydrogen) atoms. The first-order chi connectivity index (χ1) is 8.99. The maximum Gasteiger partial charge on any atom is 0.238 e. The van der Waals surface area contributed by atoms with Gasteiger partial charge in [0, 0.05) is 28.1 Å².